The van der Waals surface area contributed by atoms with Gasteiger partial charge in [-0.1, -0.05) is 0 Å². The van der Waals surface area contributed by atoms with Crippen molar-refractivity contribution in [2.24, 2.45) is 0 Å². The van der Waals surface area contributed by atoms with Gasteiger partial charge in [-0.15, -0.1) is 0 Å². The highest BCUT2D eigenvalue weighted by Gasteiger charge is 2.19. The first-order chi connectivity index (χ1) is 6.94. The fourth-order valence-electron chi connectivity index (χ4n) is 0.913. The minimum Gasteiger partial charge on any atom is -0.397 e. The summed E-state index contributed by atoms with van der Waals surface area (Å²) in [7, 11) is 0. The Morgan fingerprint density at radius 1 is 1.67 bits per heavy atom. The van der Waals surface area contributed by atoms with Gasteiger partial charge in [0.15, 0.2) is 0 Å². The molecular formula is C9H14BrN3O2. The van der Waals surface area contributed by atoms with Crippen LogP contribution in [0.5, 0.6) is 0 Å². The maximum atomic E-state index is 9.55. The second kappa shape index (κ2) is 4.78. The molecule has 0 aliphatic carbocycles. The molecule has 5 N–H and O–H groups in total. The number of aromatic nitrogens is 1. The predicted octanol–water partition coefficient (Wildman–Crippen LogP) is 0.581. The molecule has 1 atom stereocenters. The summed E-state index contributed by atoms with van der Waals surface area (Å²) in [4.78, 5) is 4.04. The number of nitrogens with two attached hydrogens (primary N) is 1. The summed E-state index contributed by atoms with van der Waals surface area (Å²) in [5.41, 5.74) is 4.92. The Bertz CT molecular complexity index is 344. The summed E-state index contributed by atoms with van der Waals surface area (Å²) in [5.74, 6) is 0.581. The largest absolute Gasteiger partial charge is 0.397 e. The number of hydrogen-bond donors (Lipinski definition) is 4. The van der Waals surface area contributed by atoms with Gasteiger partial charge < -0.3 is 21.3 Å². The fraction of sp³-hybridized carbons (Fsp3) is 0.444. The minimum absolute atomic E-state index is 0.207. The lowest BCUT2D eigenvalue weighted by Gasteiger charge is -2.21. The zero-order valence-corrected chi connectivity index (χ0v) is 9.95. The number of halogens is 1. The molecule has 1 aromatic rings. The van der Waals surface area contributed by atoms with E-state index >= 15 is 0 Å². The van der Waals surface area contributed by atoms with Crippen LogP contribution >= 0.6 is 15.9 Å². The Hall–Kier alpha value is -0.850. The lowest BCUT2D eigenvalue weighted by Crippen LogP contribution is -2.37. The topological polar surface area (TPSA) is 91.4 Å². The Balaban J connectivity index is 2.66. The zero-order valence-electron chi connectivity index (χ0n) is 8.37. The molecule has 0 amide bonds. The van der Waals surface area contributed by atoms with Crippen molar-refractivity contribution in [3.63, 3.8) is 0 Å². The zero-order chi connectivity index (χ0) is 11.5. The molecule has 0 fully saturated rings. The molecule has 0 aliphatic rings. The Labute approximate surface area is 96.5 Å². The van der Waals surface area contributed by atoms with E-state index in [-0.39, 0.29) is 13.2 Å². The van der Waals surface area contributed by atoms with Crippen molar-refractivity contribution >= 4 is 27.4 Å². The summed E-state index contributed by atoms with van der Waals surface area (Å²) in [6.07, 6.45) is 1.51. The second-order valence-electron chi connectivity index (χ2n) is 3.61. The number of aliphatic hydroxyl groups is 2. The molecule has 0 aliphatic heterocycles. The monoisotopic (exact) mass is 275 g/mol. The van der Waals surface area contributed by atoms with E-state index in [1.165, 1.54) is 13.1 Å². The molecule has 84 valence electrons. The molecule has 6 heteroatoms. The highest BCUT2D eigenvalue weighted by Crippen LogP contribution is 2.22. The molecule has 0 bridgehead atoms. The Morgan fingerprint density at radius 2 is 2.33 bits per heavy atom. The van der Waals surface area contributed by atoms with E-state index in [0.717, 1.165) is 4.47 Å². The molecule has 0 saturated heterocycles. The first-order valence-corrected chi connectivity index (χ1v) is 5.22. The quantitative estimate of drug-likeness (QED) is 0.645. The van der Waals surface area contributed by atoms with Crippen LogP contribution in [0.4, 0.5) is 11.5 Å². The number of pyridine rings is 1. The van der Waals surface area contributed by atoms with Gasteiger partial charge in [-0.2, -0.15) is 0 Å². The first-order valence-electron chi connectivity index (χ1n) is 4.43. The van der Waals surface area contributed by atoms with E-state index < -0.39 is 5.60 Å². The van der Waals surface area contributed by atoms with E-state index in [1.807, 2.05) is 0 Å². The van der Waals surface area contributed by atoms with Crippen LogP contribution in [0.2, 0.25) is 0 Å². The average molecular weight is 276 g/mol. The van der Waals surface area contributed by atoms with Crippen molar-refractivity contribution in [1.29, 1.82) is 0 Å². The van der Waals surface area contributed by atoms with Crippen LogP contribution < -0.4 is 11.1 Å². The third-order valence-electron chi connectivity index (χ3n) is 1.84. The summed E-state index contributed by atoms with van der Waals surface area (Å²) < 4.78 is 0.719. The van der Waals surface area contributed by atoms with Crippen LogP contribution in [-0.2, 0) is 0 Å². The molecule has 0 saturated carbocycles. The van der Waals surface area contributed by atoms with Crippen LogP contribution in [0, 0.1) is 0 Å². The van der Waals surface area contributed by atoms with E-state index in [1.54, 1.807) is 6.07 Å². The van der Waals surface area contributed by atoms with Crippen molar-refractivity contribution in [3.05, 3.63) is 16.7 Å². The summed E-state index contributed by atoms with van der Waals surface area (Å²) in [6, 6.07) is 1.71. The molecule has 1 unspecified atom stereocenters. The Morgan fingerprint density at radius 3 is 2.87 bits per heavy atom. The van der Waals surface area contributed by atoms with Gasteiger partial charge in [0.25, 0.3) is 0 Å². The van der Waals surface area contributed by atoms with Crippen molar-refractivity contribution in [3.8, 4) is 0 Å². The third kappa shape index (κ3) is 3.65. The minimum atomic E-state index is -1.16. The summed E-state index contributed by atoms with van der Waals surface area (Å²) >= 11 is 3.29. The molecule has 0 aromatic carbocycles. The maximum absolute atomic E-state index is 9.55. The van der Waals surface area contributed by atoms with Crippen molar-refractivity contribution < 1.29 is 10.2 Å². The third-order valence-corrected chi connectivity index (χ3v) is 2.44. The molecule has 5 nitrogen and oxygen atoms in total. The SMILES string of the molecule is CC(O)(CO)CNc1ncc(N)cc1Br. The van der Waals surface area contributed by atoms with E-state index in [4.69, 9.17) is 10.8 Å². The second-order valence-corrected chi connectivity index (χ2v) is 4.46. The van der Waals surface area contributed by atoms with E-state index in [2.05, 4.69) is 26.2 Å². The van der Waals surface area contributed by atoms with Gasteiger partial charge in [-0.3, -0.25) is 0 Å². The van der Waals surface area contributed by atoms with Gasteiger partial charge in [0.2, 0.25) is 0 Å². The molecular weight excluding hydrogens is 262 g/mol. The first kappa shape index (κ1) is 12.2. The smallest absolute Gasteiger partial charge is 0.140 e. The summed E-state index contributed by atoms with van der Waals surface area (Å²) in [5, 5.41) is 21.3. The van der Waals surface area contributed by atoms with Crippen LogP contribution in [0.15, 0.2) is 16.7 Å². The van der Waals surface area contributed by atoms with Crippen molar-refractivity contribution in [2.45, 2.75) is 12.5 Å². The lowest BCUT2D eigenvalue weighted by atomic mass is 10.1. The van der Waals surface area contributed by atoms with Gasteiger partial charge in [0.1, 0.15) is 11.4 Å². The van der Waals surface area contributed by atoms with E-state index in [0.29, 0.717) is 11.5 Å². The van der Waals surface area contributed by atoms with Crippen LogP contribution in [0.25, 0.3) is 0 Å². The van der Waals surface area contributed by atoms with Gasteiger partial charge in [-0.05, 0) is 28.9 Å². The number of nitrogens with zero attached hydrogens (tertiary/aromatic N) is 1. The molecule has 0 spiro atoms. The van der Waals surface area contributed by atoms with Crippen molar-refractivity contribution in [2.75, 3.05) is 24.2 Å². The number of anilines is 2. The molecule has 1 aromatic heterocycles. The van der Waals surface area contributed by atoms with Gasteiger partial charge >= 0.3 is 0 Å². The molecule has 0 radical (unpaired) electrons. The number of rotatable bonds is 4. The Kier molecular flexibility index (Phi) is 3.90. The fourth-order valence-corrected chi connectivity index (χ4v) is 1.42. The highest BCUT2D eigenvalue weighted by molar-refractivity contribution is 9.10. The number of hydrogen-bond acceptors (Lipinski definition) is 5. The van der Waals surface area contributed by atoms with Crippen LogP contribution in [-0.4, -0.2) is 33.9 Å². The molecule has 1 heterocycles. The average Bonchev–Trinajstić information content (AvgIpc) is 2.16. The van der Waals surface area contributed by atoms with Crippen LogP contribution in [0.3, 0.4) is 0 Å². The van der Waals surface area contributed by atoms with Gasteiger partial charge in [0, 0.05) is 6.54 Å². The molecule has 1 rings (SSSR count). The van der Waals surface area contributed by atoms with Gasteiger partial charge in [0.05, 0.1) is 23.0 Å². The number of nitrogen functional groups attached to an aromatic ring is 1. The lowest BCUT2D eigenvalue weighted by molar-refractivity contribution is 0.0131. The number of nitrogens with one attached hydrogen (secondary N) is 1. The normalized spacial score (nSPS) is 14.7. The highest BCUT2D eigenvalue weighted by atomic mass is 79.9. The van der Waals surface area contributed by atoms with Crippen LogP contribution in [0.1, 0.15) is 6.92 Å². The molecule has 15 heavy (non-hydrogen) atoms. The van der Waals surface area contributed by atoms with Gasteiger partial charge in [-0.25, -0.2) is 4.98 Å². The number of aliphatic hydroxyl groups excluding tert-OH is 1. The summed E-state index contributed by atoms with van der Waals surface area (Å²) in [6.45, 7) is 1.43. The maximum Gasteiger partial charge on any atom is 0.140 e. The standard InChI is InChI=1S/C9H14BrN3O2/c1-9(15,5-14)4-13-8-7(10)2-6(11)3-12-8/h2-3,14-15H,4-5,11H2,1H3,(H,12,13). The van der Waals surface area contributed by atoms with Crippen molar-refractivity contribution in [1.82, 2.24) is 4.98 Å². The van der Waals surface area contributed by atoms with E-state index in [9.17, 15) is 5.11 Å². The predicted molar refractivity (Wildman–Crippen MR) is 62.5 cm³/mol.